The molecule has 1 unspecified atom stereocenters. The van der Waals surface area contributed by atoms with Gasteiger partial charge in [0, 0.05) is 18.8 Å². The van der Waals surface area contributed by atoms with Crippen LogP contribution in [0.2, 0.25) is 0 Å². The van der Waals surface area contributed by atoms with Crippen molar-refractivity contribution in [2.45, 2.75) is 19.9 Å². The quantitative estimate of drug-likeness (QED) is 0.866. The zero-order valence-corrected chi connectivity index (χ0v) is 11.0. The summed E-state index contributed by atoms with van der Waals surface area (Å²) in [7, 11) is 0. The van der Waals surface area contributed by atoms with Crippen molar-refractivity contribution in [2.24, 2.45) is 0 Å². The van der Waals surface area contributed by atoms with Crippen molar-refractivity contribution in [2.75, 3.05) is 17.2 Å². The molecular formula is C14H17FN4. The Labute approximate surface area is 112 Å². The highest BCUT2D eigenvalue weighted by molar-refractivity contribution is 5.41. The van der Waals surface area contributed by atoms with E-state index in [0.717, 1.165) is 17.9 Å². The summed E-state index contributed by atoms with van der Waals surface area (Å²) < 4.78 is 12.9. The zero-order valence-electron chi connectivity index (χ0n) is 11.0. The van der Waals surface area contributed by atoms with Gasteiger partial charge >= 0.3 is 0 Å². The Bertz CT molecular complexity index is 527. The van der Waals surface area contributed by atoms with E-state index in [1.54, 1.807) is 24.4 Å². The number of nitrogens with one attached hydrogen (secondary N) is 2. The summed E-state index contributed by atoms with van der Waals surface area (Å²) in [6.07, 6.45) is 1.70. The lowest BCUT2D eigenvalue weighted by Crippen LogP contribution is -2.10. The average molecular weight is 260 g/mol. The van der Waals surface area contributed by atoms with E-state index in [2.05, 4.69) is 20.6 Å². The van der Waals surface area contributed by atoms with Crippen molar-refractivity contribution in [3.05, 3.63) is 47.9 Å². The first kappa shape index (κ1) is 13.3. The first-order valence-corrected chi connectivity index (χ1v) is 6.28. The van der Waals surface area contributed by atoms with E-state index >= 15 is 0 Å². The maximum atomic E-state index is 12.9. The fraction of sp³-hybridized carbons (Fsp3) is 0.286. The Kier molecular flexibility index (Phi) is 4.28. The Morgan fingerprint density at radius 3 is 2.63 bits per heavy atom. The van der Waals surface area contributed by atoms with Crippen LogP contribution in [-0.4, -0.2) is 16.5 Å². The molecule has 19 heavy (non-hydrogen) atoms. The summed E-state index contributed by atoms with van der Waals surface area (Å²) in [5.41, 5.74) is 1.00. The summed E-state index contributed by atoms with van der Waals surface area (Å²) in [5, 5.41) is 6.32. The smallest absolute Gasteiger partial charge is 0.224 e. The molecule has 0 saturated carbocycles. The number of halogens is 1. The number of aromatic nitrogens is 2. The molecule has 0 amide bonds. The number of hydrogen-bond donors (Lipinski definition) is 2. The molecule has 0 fully saturated rings. The third kappa shape index (κ3) is 3.64. The van der Waals surface area contributed by atoms with Gasteiger partial charge in [-0.15, -0.1) is 0 Å². The highest BCUT2D eigenvalue weighted by atomic mass is 19.1. The number of rotatable bonds is 5. The van der Waals surface area contributed by atoms with Crippen molar-refractivity contribution in [1.29, 1.82) is 0 Å². The second-order valence-corrected chi connectivity index (χ2v) is 4.21. The predicted molar refractivity (Wildman–Crippen MR) is 74.6 cm³/mol. The molecule has 1 heterocycles. The van der Waals surface area contributed by atoms with E-state index in [-0.39, 0.29) is 11.9 Å². The number of nitrogens with zero attached hydrogens (tertiary/aromatic N) is 2. The lowest BCUT2D eigenvalue weighted by molar-refractivity contribution is 0.626. The SMILES string of the molecule is CCNc1nccc(NC(C)c2ccc(F)cc2)n1. The van der Waals surface area contributed by atoms with E-state index in [0.29, 0.717) is 5.95 Å². The van der Waals surface area contributed by atoms with Crippen molar-refractivity contribution in [3.8, 4) is 0 Å². The highest BCUT2D eigenvalue weighted by Crippen LogP contribution is 2.18. The molecule has 5 heteroatoms. The largest absolute Gasteiger partial charge is 0.363 e. The van der Waals surface area contributed by atoms with E-state index in [1.165, 1.54) is 12.1 Å². The molecule has 2 rings (SSSR count). The molecule has 0 aliphatic carbocycles. The highest BCUT2D eigenvalue weighted by Gasteiger charge is 2.06. The molecule has 1 aromatic carbocycles. The van der Waals surface area contributed by atoms with Crippen molar-refractivity contribution in [3.63, 3.8) is 0 Å². The van der Waals surface area contributed by atoms with Crippen LogP contribution in [0.1, 0.15) is 25.5 Å². The average Bonchev–Trinajstić information content (AvgIpc) is 2.40. The standard InChI is InChI=1S/C14H17FN4/c1-3-16-14-17-9-8-13(19-14)18-10(2)11-4-6-12(15)7-5-11/h4-10H,3H2,1-2H3,(H2,16,17,18,19). The lowest BCUT2D eigenvalue weighted by atomic mass is 10.1. The summed E-state index contributed by atoms with van der Waals surface area (Å²) in [5.74, 6) is 1.11. The molecule has 100 valence electrons. The van der Waals surface area contributed by atoms with E-state index < -0.39 is 0 Å². The van der Waals surface area contributed by atoms with Gasteiger partial charge in [0.1, 0.15) is 11.6 Å². The van der Waals surface area contributed by atoms with Crippen LogP contribution in [0.25, 0.3) is 0 Å². The number of hydrogen-bond acceptors (Lipinski definition) is 4. The molecule has 2 N–H and O–H groups in total. The fourth-order valence-electron chi connectivity index (χ4n) is 1.74. The first-order valence-electron chi connectivity index (χ1n) is 6.28. The predicted octanol–water partition coefficient (Wildman–Crippen LogP) is 3.22. The summed E-state index contributed by atoms with van der Waals surface area (Å²) in [6.45, 7) is 4.77. The Hall–Kier alpha value is -2.17. The minimum absolute atomic E-state index is 0.0463. The van der Waals surface area contributed by atoms with E-state index in [4.69, 9.17) is 0 Å². The molecule has 0 saturated heterocycles. The molecule has 0 bridgehead atoms. The van der Waals surface area contributed by atoms with Crippen LogP contribution < -0.4 is 10.6 Å². The van der Waals surface area contributed by atoms with Gasteiger partial charge in [-0.3, -0.25) is 0 Å². The van der Waals surface area contributed by atoms with Gasteiger partial charge in [-0.2, -0.15) is 4.98 Å². The summed E-state index contributed by atoms with van der Waals surface area (Å²) >= 11 is 0. The first-order chi connectivity index (χ1) is 9.19. The molecule has 0 radical (unpaired) electrons. The molecule has 1 atom stereocenters. The third-order valence-corrected chi connectivity index (χ3v) is 2.72. The molecule has 0 aliphatic rings. The third-order valence-electron chi connectivity index (χ3n) is 2.72. The van der Waals surface area contributed by atoms with Gasteiger partial charge < -0.3 is 10.6 Å². The molecule has 0 aliphatic heterocycles. The number of benzene rings is 1. The van der Waals surface area contributed by atoms with Crippen LogP contribution in [0.15, 0.2) is 36.5 Å². The van der Waals surface area contributed by atoms with Crippen LogP contribution in [0.4, 0.5) is 16.2 Å². The van der Waals surface area contributed by atoms with Crippen LogP contribution in [0, 0.1) is 5.82 Å². The molecule has 1 aromatic heterocycles. The second kappa shape index (κ2) is 6.13. The lowest BCUT2D eigenvalue weighted by Gasteiger charge is -2.15. The Balaban J connectivity index is 2.07. The topological polar surface area (TPSA) is 49.8 Å². The van der Waals surface area contributed by atoms with Crippen molar-refractivity contribution >= 4 is 11.8 Å². The van der Waals surface area contributed by atoms with Crippen LogP contribution in [0.5, 0.6) is 0 Å². The van der Waals surface area contributed by atoms with Gasteiger partial charge in [0.25, 0.3) is 0 Å². The maximum absolute atomic E-state index is 12.9. The normalized spacial score (nSPS) is 11.9. The van der Waals surface area contributed by atoms with Gasteiger partial charge in [-0.25, -0.2) is 9.37 Å². The van der Waals surface area contributed by atoms with E-state index in [1.807, 2.05) is 13.8 Å². The molecule has 2 aromatic rings. The Morgan fingerprint density at radius 1 is 1.21 bits per heavy atom. The van der Waals surface area contributed by atoms with Gasteiger partial charge in [-0.05, 0) is 37.6 Å². The fourth-order valence-corrected chi connectivity index (χ4v) is 1.74. The van der Waals surface area contributed by atoms with Crippen molar-refractivity contribution in [1.82, 2.24) is 9.97 Å². The molecule has 4 nitrogen and oxygen atoms in total. The Morgan fingerprint density at radius 2 is 1.95 bits per heavy atom. The summed E-state index contributed by atoms with van der Waals surface area (Å²) in [4.78, 5) is 8.45. The van der Waals surface area contributed by atoms with Gasteiger partial charge in [0.05, 0.1) is 0 Å². The van der Waals surface area contributed by atoms with Crippen LogP contribution >= 0.6 is 0 Å². The zero-order chi connectivity index (χ0) is 13.7. The monoisotopic (exact) mass is 260 g/mol. The van der Waals surface area contributed by atoms with Gasteiger partial charge in [0.15, 0.2) is 0 Å². The second-order valence-electron chi connectivity index (χ2n) is 4.21. The molecular weight excluding hydrogens is 243 g/mol. The minimum atomic E-state index is -0.229. The van der Waals surface area contributed by atoms with E-state index in [9.17, 15) is 4.39 Å². The van der Waals surface area contributed by atoms with Crippen molar-refractivity contribution < 1.29 is 4.39 Å². The molecule has 0 spiro atoms. The van der Waals surface area contributed by atoms with Gasteiger partial charge in [-0.1, -0.05) is 12.1 Å². The maximum Gasteiger partial charge on any atom is 0.224 e. The minimum Gasteiger partial charge on any atom is -0.363 e. The number of anilines is 2. The van der Waals surface area contributed by atoms with Crippen LogP contribution in [0.3, 0.4) is 0 Å². The van der Waals surface area contributed by atoms with Gasteiger partial charge in [0.2, 0.25) is 5.95 Å². The van der Waals surface area contributed by atoms with Crippen LogP contribution in [-0.2, 0) is 0 Å². The summed E-state index contributed by atoms with van der Waals surface area (Å²) in [6, 6.07) is 8.29.